The summed E-state index contributed by atoms with van der Waals surface area (Å²) >= 11 is 2.49. The number of carbonyl (C=O) groups is 2. The van der Waals surface area contributed by atoms with E-state index in [0.717, 1.165) is 22.7 Å². The van der Waals surface area contributed by atoms with Crippen LogP contribution in [0.3, 0.4) is 0 Å². The second-order valence-electron chi connectivity index (χ2n) is 4.68. The van der Waals surface area contributed by atoms with Gasteiger partial charge in [0.15, 0.2) is 0 Å². The van der Waals surface area contributed by atoms with Crippen molar-refractivity contribution in [3.05, 3.63) is 57.4 Å². The van der Waals surface area contributed by atoms with Gasteiger partial charge >= 0.3 is 0 Å². The van der Waals surface area contributed by atoms with Gasteiger partial charge in [0.1, 0.15) is 5.82 Å². The van der Waals surface area contributed by atoms with E-state index < -0.39 is 17.6 Å². The summed E-state index contributed by atoms with van der Waals surface area (Å²) in [6.07, 6.45) is 0. The zero-order valence-corrected chi connectivity index (χ0v) is 13.5. The minimum atomic E-state index is -0.516. The SMILES string of the molecule is O=C1C(SCCO)=C(c2cccs2)C(=O)N1c1cccc(F)c1. The summed E-state index contributed by atoms with van der Waals surface area (Å²) in [6, 6.07) is 8.94. The number of hydrogen-bond acceptors (Lipinski definition) is 5. The summed E-state index contributed by atoms with van der Waals surface area (Å²) in [5.74, 6) is -1.16. The second kappa shape index (κ2) is 6.66. The van der Waals surface area contributed by atoms with Crippen LogP contribution in [0.1, 0.15) is 4.88 Å². The molecule has 0 atom stereocenters. The van der Waals surface area contributed by atoms with Crippen molar-refractivity contribution in [2.24, 2.45) is 0 Å². The molecule has 1 aliphatic heterocycles. The molecule has 0 spiro atoms. The largest absolute Gasteiger partial charge is 0.396 e. The van der Waals surface area contributed by atoms with E-state index in [1.54, 1.807) is 12.1 Å². The molecule has 1 aromatic carbocycles. The Morgan fingerprint density at radius 1 is 1.17 bits per heavy atom. The van der Waals surface area contributed by atoms with Gasteiger partial charge < -0.3 is 5.11 Å². The van der Waals surface area contributed by atoms with E-state index >= 15 is 0 Å². The van der Waals surface area contributed by atoms with Gasteiger partial charge in [0, 0.05) is 10.6 Å². The van der Waals surface area contributed by atoms with E-state index in [1.165, 1.54) is 29.5 Å². The number of benzene rings is 1. The molecule has 118 valence electrons. The van der Waals surface area contributed by atoms with Crippen LogP contribution >= 0.6 is 23.1 Å². The number of amides is 2. The molecule has 23 heavy (non-hydrogen) atoms. The lowest BCUT2D eigenvalue weighted by Crippen LogP contribution is -2.31. The van der Waals surface area contributed by atoms with E-state index in [4.69, 9.17) is 5.11 Å². The molecule has 2 amide bonds. The summed E-state index contributed by atoms with van der Waals surface area (Å²) < 4.78 is 13.4. The van der Waals surface area contributed by atoms with E-state index in [2.05, 4.69) is 0 Å². The van der Waals surface area contributed by atoms with Crippen LogP contribution in [0.2, 0.25) is 0 Å². The number of thioether (sulfide) groups is 1. The average molecular weight is 349 g/mol. The normalized spacial score (nSPS) is 15.0. The molecule has 0 saturated carbocycles. The predicted molar refractivity (Wildman–Crippen MR) is 89.7 cm³/mol. The molecular formula is C16H12FNO3S2. The van der Waals surface area contributed by atoms with Crippen molar-refractivity contribution < 1.29 is 19.1 Å². The topological polar surface area (TPSA) is 57.6 Å². The van der Waals surface area contributed by atoms with Crippen molar-refractivity contribution in [2.45, 2.75) is 0 Å². The van der Waals surface area contributed by atoms with Gasteiger partial charge in [-0.1, -0.05) is 12.1 Å². The fraction of sp³-hybridized carbons (Fsp3) is 0.125. The summed E-state index contributed by atoms with van der Waals surface area (Å²) in [4.78, 5) is 27.4. The maximum absolute atomic E-state index is 13.4. The van der Waals surface area contributed by atoms with Crippen LogP contribution in [0.5, 0.6) is 0 Å². The number of carbonyl (C=O) groups excluding carboxylic acids is 2. The maximum Gasteiger partial charge on any atom is 0.272 e. The highest BCUT2D eigenvalue weighted by Crippen LogP contribution is 2.39. The monoisotopic (exact) mass is 349 g/mol. The zero-order valence-electron chi connectivity index (χ0n) is 11.9. The van der Waals surface area contributed by atoms with Gasteiger partial charge in [0.05, 0.1) is 22.8 Å². The van der Waals surface area contributed by atoms with E-state index in [0.29, 0.717) is 16.2 Å². The van der Waals surface area contributed by atoms with Crippen molar-refractivity contribution in [2.75, 3.05) is 17.3 Å². The van der Waals surface area contributed by atoms with Crippen LogP contribution in [0.4, 0.5) is 10.1 Å². The number of imide groups is 1. The molecule has 0 saturated heterocycles. The zero-order chi connectivity index (χ0) is 16.4. The number of rotatable bonds is 5. The lowest BCUT2D eigenvalue weighted by molar-refractivity contribution is -0.119. The van der Waals surface area contributed by atoms with Gasteiger partial charge in [-0.15, -0.1) is 23.1 Å². The van der Waals surface area contributed by atoms with E-state index in [9.17, 15) is 14.0 Å². The van der Waals surface area contributed by atoms with Crippen LogP contribution in [0.15, 0.2) is 46.7 Å². The first-order valence-electron chi connectivity index (χ1n) is 6.79. The molecule has 0 aliphatic carbocycles. The molecule has 0 unspecified atom stereocenters. The fourth-order valence-electron chi connectivity index (χ4n) is 2.28. The van der Waals surface area contributed by atoms with Crippen molar-refractivity contribution in [3.63, 3.8) is 0 Å². The summed E-state index contributed by atoms with van der Waals surface area (Å²) in [7, 11) is 0. The van der Waals surface area contributed by atoms with Gasteiger partial charge in [-0.2, -0.15) is 0 Å². The molecular weight excluding hydrogens is 337 g/mol. The fourth-order valence-corrected chi connectivity index (χ4v) is 3.96. The van der Waals surface area contributed by atoms with Crippen LogP contribution in [-0.2, 0) is 9.59 Å². The second-order valence-corrected chi connectivity index (χ2v) is 6.73. The van der Waals surface area contributed by atoms with Crippen molar-refractivity contribution in [1.82, 2.24) is 0 Å². The highest BCUT2D eigenvalue weighted by Gasteiger charge is 2.40. The Hall–Kier alpha value is -1.96. The third kappa shape index (κ3) is 2.95. The Bertz CT molecular complexity index is 786. The molecule has 1 N–H and O–H groups in total. The molecule has 7 heteroatoms. The van der Waals surface area contributed by atoms with Gasteiger partial charge in [0.25, 0.3) is 11.8 Å². The lowest BCUT2D eigenvalue weighted by Gasteiger charge is -2.14. The Kier molecular flexibility index (Phi) is 4.61. The number of nitrogens with zero attached hydrogens (tertiary/aromatic N) is 1. The number of halogens is 1. The van der Waals surface area contributed by atoms with Gasteiger partial charge in [-0.3, -0.25) is 9.59 Å². The van der Waals surface area contributed by atoms with Crippen molar-refractivity contribution in [1.29, 1.82) is 0 Å². The number of hydrogen-bond donors (Lipinski definition) is 1. The number of aliphatic hydroxyl groups excluding tert-OH is 1. The van der Waals surface area contributed by atoms with Crippen LogP contribution in [0.25, 0.3) is 5.57 Å². The first kappa shape index (κ1) is 15.9. The number of anilines is 1. The quantitative estimate of drug-likeness (QED) is 0.844. The lowest BCUT2D eigenvalue weighted by atomic mass is 10.2. The molecule has 1 aliphatic rings. The summed E-state index contributed by atoms with van der Waals surface area (Å²) in [5, 5.41) is 10.8. The third-order valence-electron chi connectivity index (χ3n) is 3.21. The molecule has 1 aromatic heterocycles. The first-order chi connectivity index (χ1) is 11.1. The average Bonchev–Trinajstić information content (AvgIpc) is 3.12. The molecule has 0 radical (unpaired) electrons. The first-order valence-corrected chi connectivity index (χ1v) is 8.66. The number of aliphatic hydroxyl groups is 1. The van der Waals surface area contributed by atoms with Gasteiger partial charge in [-0.05, 0) is 29.6 Å². The number of thiophene rings is 1. The molecule has 2 heterocycles. The maximum atomic E-state index is 13.4. The van der Waals surface area contributed by atoms with Crippen LogP contribution in [0, 0.1) is 5.82 Å². The smallest absolute Gasteiger partial charge is 0.272 e. The molecule has 3 rings (SSSR count). The standard InChI is InChI=1S/C16H12FNO3S2/c17-10-3-1-4-11(9-10)18-15(20)13(12-5-2-7-22-12)14(16(18)21)23-8-6-19/h1-5,7,9,19H,6,8H2. The minimum Gasteiger partial charge on any atom is -0.396 e. The Labute approximate surface area is 140 Å². The Morgan fingerprint density at radius 3 is 2.65 bits per heavy atom. The minimum absolute atomic E-state index is 0.104. The Balaban J connectivity index is 2.05. The Morgan fingerprint density at radius 2 is 2.00 bits per heavy atom. The molecule has 2 aromatic rings. The highest BCUT2D eigenvalue weighted by atomic mass is 32.2. The predicted octanol–water partition coefficient (Wildman–Crippen LogP) is 2.90. The van der Waals surface area contributed by atoms with Gasteiger partial charge in [0.2, 0.25) is 0 Å². The van der Waals surface area contributed by atoms with E-state index in [1.807, 2.05) is 5.38 Å². The van der Waals surface area contributed by atoms with Crippen LogP contribution < -0.4 is 4.90 Å². The molecule has 4 nitrogen and oxygen atoms in total. The van der Waals surface area contributed by atoms with Crippen molar-refractivity contribution in [3.8, 4) is 0 Å². The van der Waals surface area contributed by atoms with Crippen molar-refractivity contribution >= 4 is 46.2 Å². The van der Waals surface area contributed by atoms with E-state index in [-0.39, 0.29) is 17.2 Å². The third-order valence-corrected chi connectivity index (χ3v) is 5.15. The molecule has 0 bridgehead atoms. The summed E-state index contributed by atoms with van der Waals surface area (Å²) in [5.41, 5.74) is 0.515. The highest BCUT2D eigenvalue weighted by molar-refractivity contribution is 8.04. The summed E-state index contributed by atoms with van der Waals surface area (Å²) in [6.45, 7) is -0.104. The van der Waals surface area contributed by atoms with Crippen LogP contribution in [-0.4, -0.2) is 29.3 Å². The molecule has 0 fully saturated rings. The van der Waals surface area contributed by atoms with Gasteiger partial charge in [-0.25, -0.2) is 9.29 Å².